The quantitative estimate of drug-likeness (QED) is 0.292. The Hall–Kier alpha value is -2.55. The van der Waals surface area contributed by atoms with Crippen molar-refractivity contribution in [1.82, 2.24) is 15.0 Å². The lowest BCUT2D eigenvalue weighted by Gasteiger charge is -2.17. The largest absolute Gasteiger partial charge is 0.265 e. The highest BCUT2D eigenvalue weighted by atomic mass is 14.7. The van der Waals surface area contributed by atoms with Crippen LogP contribution in [0, 0.1) is 0 Å². The van der Waals surface area contributed by atoms with E-state index >= 15 is 0 Å². The molecule has 3 heterocycles. The van der Waals surface area contributed by atoms with Crippen LogP contribution < -0.4 is 0 Å². The average Bonchev–Trinajstić information content (AvgIpc) is 2.89. The van der Waals surface area contributed by atoms with Crippen LogP contribution in [0.15, 0.2) is 73.4 Å². The third-order valence-corrected chi connectivity index (χ3v) is 4.51. The first-order valence-corrected chi connectivity index (χ1v) is 13.5. The minimum atomic E-state index is 0. The summed E-state index contributed by atoms with van der Waals surface area (Å²) in [6.45, 7) is 31.6. The minimum absolute atomic E-state index is 0. The Morgan fingerprint density at radius 1 is 0.447 bits per heavy atom. The number of nitrogens with zero attached hydrogens (tertiary/aromatic N) is 3. The molecule has 3 nitrogen and oxygen atoms in total. The van der Waals surface area contributed by atoms with Crippen LogP contribution in [0.5, 0.6) is 0 Å². The molecular formula is C35H65N3. The molecule has 0 saturated carbocycles. The van der Waals surface area contributed by atoms with Crippen LogP contribution in [0.25, 0.3) is 0 Å². The number of aromatic nitrogens is 3. The molecule has 0 unspecified atom stereocenters. The summed E-state index contributed by atoms with van der Waals surface area (Å²) in [5.41, 5.74) is 4.44. The predicted molar refractivity (Wildman–Crippen MR) is 176 cm³/mol. The topological polar surface area (TPSA) is 38.7 Å². The Morgan fingerprint density at radius 2 is 0.921 bits per heavy atom. The Balaban J connectivity index is -0.000000127. The van der Waals surface area contributed by atoms with Crippen molar-refractivity contribution in [2.75, 3.05) is 0 Å². The van der Waals surface area contributed by atoms with Gasteiger partial charge in [0.15, 0.2) is 0 Å². The highest BCUT2D eigenvalue weighted by molar-refractivity contribution is 5.19. The van der Waals surface area contributed by atoms with Crippen LogP contribution in [-0.4, -0.2) is 15.0 Å². The lowest BCUT2D eigenvalue weighted by molar-refractivity contribution is 0.569. The number of hydrogen-bond donors (Lipinski definition) is 0. The number of rotatable bonds is 0. The summed E-state index contributed by atoms with van der Waals surface area (Å²) in [6, 6.07) is 14.2. The predicted octanol–water partition coefficient (Wildman–Crippen LogP) is 11.5. The van der Waals surface area contributed by atoms with E-state index < -0.39 is 0 Å². The SMILES string of the molecule is C.C.CC.CC.CC.CC(C)(C)c1ccccn1.CC(C)(C)c1cccnc1.CC(C)(C)c1ccncc1. The molecule has 0 fully saturated rings. The van der Waals surface area contributed by atoms with Gasteiger partial charge in [-0.15, -0.1) is 0 Å². The van der Waals surface area contributed by atoms with Crippen LogP contribution in [0.2, 0.25) is 0 Å². The molecule has 0 spiro atoms. The molecule has 3 heteroatoms. The molecule has 0 atom stereocenters. The van der Waals surface area contributed by atoms with Gasteiger partial charge < -0.3 is 0 Å². The fraction of sp³-hybridized carbons (Fsp3) is 0.571. The van der Waals surface area contributed by atoms with Gasteiger partial charge in [-0.25, -0.2) is 0 Å². The standard InChI is InChI=1S/3C9H13N.3C2H6.2CH4/c1-9(2,3)8-4-6-10-7-5-8;1-9(2,3)8-5-4-6-10-7-8;1-9(2,3)8-6-4-5-7-10-8;3*1-2;;/h3*4-7H,1-3H3;3*1-2H3;2*1H4. The first kappa shape index (κ1) is 45.4. The molecule has 0 aromatic carbocycles. The molecule has 0 N–H and O–H groups in total. The maximum atomic E-state index is 4.25. The van der Waals surface area contributed by atoms with Crippen molar-refractivity contribution < 1.29 is 0 Å². The third-order valence-electron chi connectivity index (χ3n) is 4.51. The van der Waals surface area contributed by atoms with Gasteiger partial charge in [0, 0.05) is 42.1 Å². The van der Waals surface area contributed by atoms with E-state index in [4.69, 9.17) is 0 Å². The number of hydrogen-bond acceptors (Lipinski definition) is 3. The van der Waals surface area contributed by atoms with E-state index in [1.165, 1.54) is 11.1 Å². The molecule has 0 radical (unpaired) electrons. The van der Waals surface area contributed by atoms with E-state index in [1.54, 1.807) is 6.20 Å². The highest BCUT2D eigenvalue weighted by Crippen LogP contribution is 2.21. The van der Waals surface area contributed by atoms with Crippen LogP contribution in [0.4, 0.5) is 0 Å². The van der Waals surface area contributed by atoms with Crippen molar-refractivity contribution in [1.29, 1.82) is 0 Å². The third kappa shape index (κ3) is 22.6. The van der Waals surface area contributed by atoms with E-state index in [0.717, 1.165) is 5.69 Å². The lowest BCUT2D eigenvalue weighted by Crippen LogP contribution is -2.12. The fourth-order valence-electron chi connectivity index (χ4n) is 2.46. The maximum absolute atomic E-state index is 4.25. The zero-order valence-corrected chi connectivity index (χ0v) is 26.3. The molecule has 3 aromatic rings. The second-order valence-electron chi connectivity index (χ2n) is 10.4. The lowest BCUT2D eigenvalue weighted by atomic mass is 9.88. The summed E-state index contributed by atoms with van der Waals surface area (Å²) in [4.78, 5) is 12.3. The van der Waals surface area contributed by atoms with Crippen LogP contribution in [0.1, 0.15) is 136 Å². The second-order valence-corrected chi connectivity index (χ2v) is 10.4. The molecule has 220 valence electrons. The Morgan fingerprint density at radius 3 is 1.16 bits per heavy atom. The summed E-state index contributed by atoms with van der Waals surface area (Å²) in [6.07, 6.45) is 9.22. The minimum Gasteiger partial charge on any atom is -0.265 e. The average molecular weight is 528 g/mol. The smallest absolute Gasteiger partial charge is 0.0457 e. The summed E-state index contributed by atoms with van der Waals surface area (Å²) >= 11 is 0. The Bertz CT molecular complexity index is 706. The first-order chi connectivity index (χ1) is 16.8. The molecule has 38 heavy (non-hydrogen) atoms. The van der Waals surface area contributed by atoms with Crippen LogP contribution in [0.3, 0.4) is 0 Å². The number of pyridine rings is 3. The van der Waals surface area contributed by atoms with Gasteiger partial charge >= 0.3 is 0 Å². The van der Waals surface area contributed by atoms with Gasteiger partial charge in [-0.05, 0) is 52.3 Å². The van der Waals surface area contributed by atoms with Gasteiger partial charge in [-0.2, -0.15) is 0 Å². The molecule has 3 rings (SSSR count). The van der Waals surface area contributed by atoms with Gasteiger partial charge in [0.05, 0.1) is 0 Å². The molecule has 0 bridgehead atoms. The molecule has 3 aromatic heterocycles. The zero-order chi connectivity index (χ0) is 28.8. The summed E-state index contributed by atoms with van der Waals surface area (Å²) in [5.74, 6) is 0. The van der Waals surface area contributed by atoms with Crippen LogP contribution in [-0.2, 0) is 16.2 Å². The molecule has 0 amide bonds. The Labute approximate surface area is 240 Å². The van der Waals surface area contributed by atoms with Crippen molar-refractivity contribution in [2.45, 2.75) is 135 Å². The molecule has 0 aliphatic carbocycles. The first-order valence-electron chi connectivity index (χ1n) is 13.5. The zero-order valence-electron chi connectivity index (χ0n) is 26.3. The molecular weight excluding hydrogens is 462 g/mol. The molecule has 0 aliphatic heterocycles. The van der Waals surface area contributed by atoms with E-state index in [-0.39, 0.29) is 31.1 Å². The molecule has 0 saturated heterocycles. The molecule has 0 aliphatic rings. The van der Waals surface area contributed by atoms with Gasteiger partial charge in [0.1, 0.15) is 0 Å². The van der Waals surface area contributed by atoms with Gasteiger partial charge in [0.2, 0.25) is 0 Å². The van der Waals surface area contributed by atoms with E-state index in [0.29, 0.717) is 0 Å². The van der Waals surface area contributed by atoms with Crippen molar-refractivity contribution in [3.05, 3.63) is 90.3 Å². The highest BCUT2D eigenvalue weighted by Gasteiger charge is 2.14. The van der Waals surface area contributed by atoms with Gasteiger partial charge in [0.25, 0.3) is 0 Å². The Kier molecular flexibility index (Phi) is 29.6. The van der Waals surface area contributed by atoms with Crippen molar-refractivity contribution in [2.24, 2.45) is 0 Å². The van der Waals surface area contributed by atoms with Crippen molar-refractivity contribution in [3.63, 3.8) is 0 Å². The fourth-order valence-corrected chi connectivity index (χ4v) is 2.46. The summed E-state index contributed by atoms with van der Waals surface area (Å²) in [7, 11) is 0. The van der Waals surface area contributed by atoms with E-state index in [2.05, 4.69) is 102 Å². The van der Waals surface area contributed by atoms with Crippen molar-refractivity contribution in [3.8, 4) is 0 Å². The van der Waals surface area contributed by atoms with E-state index in [1.807, 2.05) is 84.5 Å². The normalized spacial score (nSPS) is 9.55. The summed E-state index contributed by atoms with van der Waals surface area (Å²) < 4.78 is 0. The second kappa shape index (κ2) is 24.8. The monoisotopic (exact) mass is 528 g/mol. The van der Waals surface area contributed by atoms with Crippen molar-refractivity contribution >= 4 is 0 Å². The van der Waals surface area contributed by atoms with Gasteiger partial charge in [-0.1, -0.05) is 131 Å². The maximum Gasteiger partial charge on any atom is 0.0457 e. The van der Waals surface area contributed by atoms with E-state index in [9.17, 15) is 0 Å². The van der Waals surface area contributed by atoms with Crippen LogP contribution >= 0.6 is 0 Å². The summed E-state index contributed by atoms with van der Waals surface area (Å²) in [5, 5.41) is 0. The van der Waals surface area contributed by atoms with Gasteiger partial charge in [-0.3, -0.25) is 15.0 Å².